The van der Waals surface area contributed by atoms with Gasteiger partial charge in [-0.25, -0.2) is 4.79 Å². The van der Waals surface area contributed by atoms with E-state index in [1.807, 2.05) is 0 Å². The number of carbonyl (C=O) groups is 2. The highest BCUT2D eigenvalue weighted by Gasteiger charge is 2.20. The van der Waals surface area contributed by atoms with Crippen LogP contribution in [0, 0.1) is 0 Å². The van der Waals surface area contributed by atoms with Crippen LogP contribution in [-0.2, 0) is 4.79 Å². The molecule has 1 fully saturated rings. The van der Waals surface area contributed by atoms with Gasteiger partial charge in [0.05, 0.1) is 10.6 Å². The molecule has 0 saturated carbocycles. The number of benzene rings is 1. The van der Waals surface area contributed by atoms with Gasteiger partial charge in [-0.3, -0.25) is 10.1 Å². The van der Waals surface area contributed by atoms with Gasteiger partial charge in [-0.05, 0) is 42.5 Å². The Morgan fingerprint density at radius 3 is 2.70 bits per heavy atom. The van der Waals surface area contributed by atoms with Crippen molar-refractivity contribution in [1.29, 1.82) is 0 Å². The Kier molecular flexibility index (Phi) is 3.89. The van der Waals surface area contributed by atoms with Crippen LogP contribution in [0.5, 0.6) is 0 Å². The van der Waals surface area contributed by atoms with Crippen molar-refractivity contribution in [3.8, 4) is 11.3 Å². The molecule has 2 heterocycles. The molecule has 116 valence electrons. The summed E-state index contributed by atoms with van der Waals surface area (Å²) in [6.07, 6.45) is 1.51. The zero-order valence-electron chi connectivity index (χ0n) is 11.4. The van der Waals surface area contributed by atoms with E-state index in [1.165, 1.54) is 18.2 Å². The molecule has 0 aliphatic carbocycles. The first kappa shape index (κ1) is 15.3. The first-order valence-corrected chi connectivity index (χ1v) is 7.20. The van der Waals surface area contributed by atoms with Crippen LogP contribution in [0.4, 0.5) is 0 Å². The average molecular weight is 349 g/mol. The Labute approximate surface area is 140 Å². The van der Waals surface area contributed by atoms with Gasteiger partial charge in [0.25, 0.3) is 5.91 Å². The number of carboxylic acids is 1. The van der Waals surface area contributed by atoms with Crippen LogP contribution >= 0.6 is 23.8 Å². The van der Waals surface area contributed by atoms with E-state index in [-0.39, 0.29) is 27.3 Å². The lowest BCUT2D eigenvalue weighted by atomic mass is 10.1. The van der Waals surface area contributed by atoms with Crippen molar-refractivity contribution in [3.63, 3.8) is 0 Å². The Hall–Kier alpha value is -2.64. The Bertz CT molecular complexity index is 872. The summed E-state index contributed by atoms with van der Waals surface area (Å²) in [5.74, 6) is -0.579. The third-order valence-electron chi connectivity index (χ3n) is 3.11. The number of hydrogen-bond acceptors (Lipinski definition) is 4. The second kappa shape index (κ2) is 5.86. The quantitative estimate of drug-likeness (QED) is 0.583. The van der Waals surface area contributed by atoms with Gasteiger partial charge in [-0.15, -0.1) is 0 Å². The fourth-order valence-corrected chi connectivity index (χ4v) is 2.45. The number of furan rings is 1. The van der Waals surface area contributed by atoms with E-state index in [4.69, 9.17) is 33.3 Å². The Balaban J connectivity index is 1.92. The lowest BCUT2D eigenvalue weighted by Gasteiger charge is -2.02. The van der Waals surface area contributed by atoms with E-state index in [2.05, 4.69) is 10.6 Å². The minimum atomic E-state index is -1.12. The molecule has 0 atom stereocenters. The number of halogens is 1. The largest absolute Gasteiger partial charge is 0.478 e. The third kappa shape index (κ3) is 3.10. The van der Waals surface area contributed by atoms with Crippen LogP contribution < -0.4 is 10.6 Å². The number of carboxylic acid groups (broad SMARTS) is 1. The second-order valence-electron chi connectivity index (χ2n) is 4.67. The summed E-state index contributed by atoms with van der Waals surface area (Å²) in [7, 11) is 0. The van der Waals surface area contributed by atoms with Crippen LogP contribution in [-0.4, -0.2) is 22.1 Å². The Morgan fingerprint density at radius 1 is 1.26 bits per heavy atom. The number of rotatable bonds is 3. The first-order chi connectivity index (χ1) is 10.9. The topological polar surface area (TPSA) is 91.6 Å². The number of aromatic carboxylic acids is 1. The van der Waals surface area contributed by atoms with E-state index < -0.39 is 5.97 Å². The van der Waals surface area contributed by atoms with Gasteiger partial charge >= 0.3 is 5.97 Å². The highest BCUT2D eigenvalue weighted by molar-refractivity contribution is 7.80. The van der Waals surface area contributed by atoms with Gasteiger partial charge in [0, 0.05) is 11.6 Å². The zero-order valence-corrected chi connectivity index (χ0v) is 13.0. The maximum atomic E-state index is 11.6. The highest BCUT2D eigenvalue weighted by atomic mass is 35.5. The van der Waals surface area contributed by atoms with E-state index in [1.54, 1.807) is 18.2 Å². The summed E-state index contributed by atoms with van der Waals surface area (Å²) in [5, 5.41) is 14.6. The van der Waals surface area contributed by atoms with Crippen LogP contribution in [0.25, 0.3) is 17.4 Å². The maximum absolute atomic E-state index is 11.6. The molecule has 1 amide bonds. The van der Waals surface area contributed by atoms with Gasteiger partial charge < -0.3 is 14.8 Å². The van der Waals surface area contributed by atoms with Crippen molar-refractivity contribution in [2.75, 3.05) is 0 Å². The summed E-state index contributed by atoms with van der Waals surface area (Å²) >= 11 is 10.7. The summed E-state index contributed by atoms with van der Waals surface area (Å²) in [6.45, 7) is 0. The standard InChI is InChI=1S/C15H9ClN2O4S/c16-10-3-1-7(5-9(10)14(20)21)12-4-2-8(22-12)6-11-13(19)18-15(23)17-11/h1-6H,(H,20,21)(H2,17,18,19,23). The minimum Gasteiger partial charge on any atom is -0.478 e. The zero-order chi connectivity index (χ0) is 16.6. The number of nitrogens with one attached hydrogen (secondary N) is 2. The predicted octanol–water partition coefficient (Wildman–Crippen LogP) is 2.64. The molecule has 3 N–H and O–H groups in total. The van der Waals surface area contributed by atoms with Crippen LogP contribution in [0.15, 0.2) is 40.4 Å². The van der Waals surface area contributed by atoms with Gasteiger partial charge in [-0.2, -0.15) is 0 Å². The SMILES string of the molecule is O=C1NC(=S)NC1=Cc1ccc(-c2ccc(Cl)c(C(=O)O)c2)o1. The molecule has 23 heavy (non-hydrogen) atoms. The molecule has 2 aromatic rings. The van der Waals surface area contributed by atoms with Crippen molar-refractivity contribution in [2.24, 2.45) is 0 Å². The van der Waals surface area contributed by atoms with E-state index in [0.29, 0.717) is 17.1 Å². The molecule has 1 aliphatic heterocycles. The molecule has 0 bridgehead atoms. The van der Waals surface area contributed by atoms with Crippen molar-refractivity contribution >= 4 is 46.9 Å². The third-order valence-corrected chi connectivity index (χ3v) is 3.65. The summed E-state index contributed by atoms with van der Waals surface area (Å²) < 4.78 is 5.61. The summed E-state index contributed by atoms with van der Waals surface area (Å²) in [4.78, 5) is 22.7. The van der Waals surface area contributed by atoms with Crippen LogP contribution in [0.1, 0.15) is 16.1 Å². The number of thiocarbonyl (C=S) groups is 1. The van der Waals surface area contributed by atoms with Crippen molar-refractivity contribution in [2.45, 2.75) is 0 Å². The normalized spacial score (nSPS) is 15.6. The molecule has 1 aliphatic rings. The smallest absolute Gasteiger partial charge is 0.337 e. The summed E-state index contributed by atoms with van der Waals surface area (Å²) in [5.41, 5.74) is 0.830. The van der Waals surface area contributed by atoms with Crippen LogP contribution in [0.3, 0.4) is 0 Å². The van der Waals surface area contributed by atoms with Gasteiger partial charge in [0.15, 0.2) is 5.11 Å². The molecule has 3 rings (SSSR count). The number of hydrogen-bond donors (Lipinski definition) is 3. The molecular formula is C15H9ClN2O4S. The van der Waals surface area contributed by atoms with E-state index >= 15 is 0 Å². The van der Waals surface area contributed by atoms with E-state index in [9.17, 15) is 9.59 Å². The number of carbonyl (C=O) groups excluding carboxylic acids is 1. The minimum absolute atomic E-state index is 0.0114. The molecular weight excluding hydrogens is 340 g/mol. The van der Waals surface area contributed by atoms with Gasteiger partial charge in [0.1, 0.15) is 17.2 Å². The Morgan fingerprint density at radius 2 is 2.04 bits per heavy atom. The molecule has 8 heteroatoms. The highest BCUT2D eigenvalue weighted by Crippen LogP contribution is 2.27. The molecule has 0 unspecified atom stereocenters. The lowest BCUT2D eigenvalue weighted by Crippen LogP contribution is -2.21. The molecule has 1 aromatic carbocycles. The molecule has 0 spiro atoms. The van der Waals surface area contributed by atoms with Crippen LogP contribution in [0.2, 0.25) is 5.02 Å². The van der Waals surface area contributed by atoms with Gasteiger partial charge in [0.2, 0.25) is 0 Å². The average Bonchev–Trinajstić information content (AvgIpc) is 3.06. The van der Waals surface area contributed by atoms with E-state index in [0.717, 1.165) is 0 Å². The molecule has 6 nitrogen and oxygen atoms in total. The van der Waals surface area contributed by atoms with Crippen molar-refractivity contribution in [3.05, 3.63) is 52.4 Å². The lowest BCUT2D eigenvalue weighted by molar-refractivity contribution is -0.115. The van der Waals surface area contributed by atoms with Gasteiger partial charge in [-0.1, -0.05) is 11.6 Å². The monoisotopic (exact) mass is 348 g/mol. The van der Waals surface area contributed by atoms with Crippen molar-refractivity contribution < 1.29 is 19.1 Å². The molecule has 0 radical (unpaired) electrons. The van der Waals surface area contributed by atoms with Crippen molar-refractivity contribution in [1.82, 2.24) is 10.6 Å². The maximum Gasteiger partial charge on any atom is 0.337 e. The first-order valence-electron chi connectivity index (χ1n) is 6.41. The second-order valence-corrected chi connectivity index (χ2v) is 5.48. The summed E-state index contributed by atoms with van der Waals surface area (Å²) in [6, 6.07) is 7.90. The predicted molar refractivity (Wildman–Crippen MR) is 88.0 cm³/mol. The fraction of sp³-hybridized carbons (Fsp3) is 0. The fourth-order valence-electron chi connectivity index (χ4n) is 2.05. The molecule has 1 saturated heterocycles. The molecule has 1 aromatic heterocycles. The number of amides is 1.